The van der Waals surface area contributed by atoms with E-state index in [2.05, 4.69) is 4.98 Å². The molecule has 15 heavy (non-hydrogen) atoms. The molecule has 2 N–H and O–H groups in total. The lowest BCUT2D eigenvalue weighted by Gasteiger charge is -2.03. The summed E-state index contributed by atoms with van der Waals surface area (Å²) in [6.07, 6.45) is 1.43. The summed E-state index contributed by atoms with van der Waals surface area (Å²) >= 11 is 0. The maximum Gasteiger partial charge on any atom is 0.394 e. The normalized spacial score (nSPS) is 9.07. The van der Waals surface area contributed by atoms with E-state index in [4.69, 9.17) is 10.4 Å². The summed E-state index contributed by atoms with van der Waals surface area (Å²) in [4.78, 5) is 24.8. The highest BCUT2D eigenvalue weighted by atomic mass is 16.4. The maximum absolute atomic E-state index is 10.8. The molecule has 6 heteroatoms. The number of aliphatic carboxylic acids is 1. The van der Waals surface area contributed by atoms with E-state index in [1.807, 2.05) is 11.4 Å². The van der Waals surface area contributed by atoms with E-state index in [0.717, 1.165) is 5.56 Å². The minimum atomic E-state index is -1.62. The van der Waals surface area contributed by atoms with E-state index in [1.54, 1.807) is 6.92 Å². The highest BCUT2D eigenvalue weighted by molar-refractivity contribution is 6.36. The van der Waals surface area contributed by atoms with Crippen LogP contribution in [0.4, 0.5) is 5.82 Å². The van der Waals surface area contributed by atoms with Crippen LogP contribution in [0.2, 0.25) is 0 Å². The molecule has 0 radical (unpaired) electrons. The number of carboxylic acid groups (broad SMARTS) is 1. The fourth-order valence-corrected chi connectivity index (χ4v) is 0.915. The molecule has 76 valence electrons. The number of nitriles is 1. The van der Waals surface area contributed by atoms with Gasteiger partial charge in [-0.2, -0.15) is 5.26 Å². The van der Waals surface area contributed by atoms with Crippen molar-refractivity contribution in [1.82, 2.24) is 4.98 Å². The third kappa shape index (κ3) is 2.51. The molecule has 0 bridgehead atoms. The molecule has 1 aromatic rings. The number of rotatable bonds is 1. The van der Waals surface area contributed by atoms with Gasteiger partial charge in [0.15, 0.2) is 5.82 Å². The third-order valence-electron chi connectivity index (χ3n) is 1.57. The summed E-state index contributed by atoms with van der Waals surface area (Å²) in [6, 6.07) is 3.31. The number of carbonyl (C=O) groups is 2. The van der Waals surface area contributed by atoms with Crippen molar-refractivity contribution in [3.63, 3.8) is 0 Å². The minimum absolute atomic E-state index is 0.0458. The number of nitrogens with one attached hydrogen (secondary N) is 1. The molecule has 0 saturated heterocycles. The van der Waals surface area contributed by atoms with Crippen molar-refractivity contribution in [2.24, 2.45) is 0 Å². The van der Waals surface area contributed by atoms with Crippen molar-refractivity contribution in [3.8, 4) is 6.07 Å². The highest BCUT2D eigenvalue weighted by Crippen LogP contribution is 2.12. The second-order valence-electron chi connectivity index (χ2n) is 2.78. The minimum Gasteiger partial charge on any atom is -0.474 e. The largest absolute Gasteiger partial charge is 0.474 e. The Balaban J connectivity index is 3.01. The van der Waals surface area contributed by atoms with Crippen LogP contribution in [0.15, 0.2) is 12.3 Å². The van der Waals surface area contributed by atoms with Gasteiger partial charge in [-0.3, -0.25) is 10.1 Å². The van der Waals surface area contributed by atoms with Gasteiger partial charge < -0.3 is 5.11 Å². The second kappa shape index (κ2) is 4.19. The average molecular weight is 205 g/mol. The SMILES string of the molecule is Cc1cnc(NC(=O)C(=O)O)c(C#N)c1. The van der Waals surface area contributed by atoms with Crippen LogP contribution < -0.4 is 5.32 Å². The van der Waals surface area contributed by atoms with Gasteiger partial charge in [0.2, 0.25) is 0 Å². The molecule has 0 atom stereocenters. The number of pyridine rings is 1. The Bertz CT molecular complexity index is 462. The first kappa shape index (κ1) is 10.7. The summed E-state index contributed by atoms with van der Waals surface area (Å²) in [5.41, 5.74) is 0.879. The zero-order valence-electron chi connectivity index (χ0n) is 7.81. The number of carbonyl (C=O) groups excluding carboxylic acids is 1. The molecule has 0 aliphatic rings. The fourth-order valence-electron chi connectivity index (χ4n) is 0.915. The van der Waals surface area contributed by atoms with Gasteiger partial charge in [0.1, 0.15) is 6.07 Å². The molecule has 0 saturated carbocycles. The number of carboxylic acids is 1. The molecular weight excluding hydrogens is 198 g/mol. The maximum atomic E-state index is 10.8. The van der Waals surface area contributed by atoms with E-state index in [-0.39, 0.29) is 11.4 Å². The lowest BCUT2D eigenvalue weighted by Crippen LogP contribution is -2.23. The molecule has 0 aromatic carbocycles. The van der Waals surface area contributed by atoms with E-state index in [1.165, 1.54) is 12.3 Å². The Kier molecular flexibility index (Phi) is 2.98. The van der Waals surface area contributed by atoms with Crippen LogP contribution in [-0.4, -0.2) is 22.0 Å². The average Bonchev–Trinajstić information content (AvgIpc) is 2.20. The van der Waals surface area contributed by atoms with E-state index >= 15 is 0 Å². The van der Waals surface area contributed by atoms with Crippen LogP contribution in [-0.2, 0) is 9.59 Å². The first-order valence-corrected chi connectivity index (χ1v) is 3.95. The summed E-state index contributed by atoms with van der Waals surface area (Å²) in [6.45, 7) is 1.73. The van der Waals surface area contributed by atoms with Gasteiger partial charge in [-0.25, -0.2) is 9.78 Å². The topological polar surface area (TPSA) is 103 Å². The summed E-state index contributed by atoms with van der Waals surface area (Å²) < 4.78 is 0. The molecule has 6 nitrogen and oxygen atoms in total. The smallest absolute Gasteiger partial charge is 0.394 e. The van der Waals surface area contributed by atoms with Crippen molar-refractivity contribution in [2.45, 2.75) is 6.92 Å². The number of amides is 1. The molecule has 1 amide bonds. The zero-order chi connectivity index (χ0) is 11.4. The van der Waals surface area contributed by atoms with Crippen molar-refractivity contribution in [1.29, 1.82) is 5.26 Å². The lowest BCUT2D eigenvalue weighted by atomic mass is 10.2. The number of aromatic nitrogens is 1. The molecule has 0 aliphatic heterocycles. The molecule has 0 spiro atoms. The van der Waals surface area contributed by atoms with Crippen molar-refractivity contribution in [2.75, 3.05) is 5.32 Å². The third-order valence-corrected chi connectivity index (χ3v) is 1.57. The van der Waals surface area contributed by atoms with Gasteiger partial charge in [-0.1, -0.05) is 0 Å². The van der Waals surface area contributed by atoms with Crippen LogP contribution in [0, 0.1) is 18.3 Å². The quantitative estimate of drug-likeness (QED) is 0.641. The van der Waals surface area contributed by atoms with Gasteiger partial charge in [-0.05, 0) is 18.6 Å². The molecule has 0 unspecified atom stereocenters. The van der Waals surface area contributed by atoms with E-state index < -0.39 is 11.9 Å². The van der Waals surface area contributed by atoms with Gasteiger partial charge in [0.25, 0.3) is 0 Å². The van der Waals surface area contributed by atoms with E-state index in [0.29, 0.717) is 0 Å². The Morgan fingerprint density at radius 3 is 2.80 bits per heavy atom. The Labute approximate surface area is 85.2 Å². The standard InChI is InChI=1S/C9H7N3O3/c1-5-2-6(3-10)7(11-4-5)12-8(13)9(14)15/h2,4H,1H3,(H,14,15)(H,11,12,13). The first-order valence-electron chi connectivity index (χ1n) is 3.95. The molecule has 1 rings (SSSR count). The van der Waals surface area contributed by atoms with E-state index in [9.17, 15) is 9.59 Å². The number of anilines is 1. The molecule has 0 aliphatic carbocycles. The lowest BCUT2D eigenvalue weighted by molar-refractivity contribution is -0.147. The summed E-state index contributed by atoms with van der Waals surface area (Å²) in [5.74, 6) is -2.89. The number of nitrogens with zero attached hydrogens (tertiary/aromatic N) is 2. The summed E-state index contributed by atoms with van der Waals surface area (Å²) in [7, 11) is 0. The van der Waals surface area contributed by atoms with Crippen molar-refractivity contribution < 1.29 is 14.7 Å². The van der Waals surface area contributed by atoms with Crippen LogP contribution in [0.3, 0.4) is 0 Å². The molecule has 0 fully saturated rings. The molecular formula is C9H7N3O3. The zero-order valence-corrected chi connectivity index (χ0v) is 7.81. The van der Waals surface area contributed by atoms with Gasteiger partial charge in [0, 0.05) is 6.20 Å². The Morgan fingerprint density at radius 1 is 1.60 bits per heavy atom. The second-order valence-corrected chi connectivity index (χ2v) is 2.78. The Hall–Kier alpha value is -2.42. The van der Waals surface area contributed by atoms with Crippen molar-refractivity contribution in [3.05, 3.63) is 23.4 Å². The molecule has 1 aromatic heterocycles. The number of aryl methyl sites for hydroxylation is 1. The van der Waals surface area contributed by atoms with Gasteiger partial charge in [-0.15, -0.1) is 0 Å². The van der Waals surface area contributed by atoms with Crippen LogP contribution in [0.25, 0.3) is 0 Å². The first-order chi connectivity index (χ1) is 7.04. The van der Waals surface area contributed by atoms with Crippen molar-refractivity contribution >= 4 is 17.7 Å². The van der Waals surface area contributed by atoms with Crippen LogP contribution in [0.5, 0.6) is 0 Å². The highest BCUT2D eigenvalue weighted by Gasteiger charge is 2.14. The summed E-state index contributed by atoms with van der Waals surface area (Å²) in [5, 5.41) is 19.1. The van der Waals surface area contributed by atoms with Gasteiger partial charge in [0.05, 0.1) is 5.56 Å². The Morgan fingerprint density at radius 2 is 2.27 bits per heavy atom. The fraction of sp³-hybridized carbons (Fsp3) is 0.111. The number of hydrogen-bond acceptors (Lipinski definition) is 4. The predicted molar refractivity (Wildman–Crippen MR) is 50.0 cm³/mol. The monoisotopic (exact) mass is 205 g/mol. The van der Waals surface area contributed by atoms with Crippen LogP contribution in [0.1, 0.15) is 11.1 Å². The van der Waals surface area contributed by atoms with Crippen LogP contribution >= 0.6 is 0 Å². The molecule has 1 heterocycles. The number of hydrogen-bond donors (Lipinski definition) is 2. The predicted octanol–water partition coefficient (Wildman–Crippen LogP) is 0.285. The van der Waals surface area contributed by atoms with Gasteiger partial charge >= 0.3 is 11.9 Å².